The smallest absolute Gasteiger partial charge is 0.224 e. The van der Waals surface area contributed by atoms with Crippen molar-refractivity contribution in [2.24, 2.45) is 5.73 Å². The summed E-state index contributed by atoms with van der Waals surface area (Å²) in [5.74, 6) is 0.172. The summed E-state index contributed by atoms with van der Waals surface area (Å²) in [4.78, 5) is 19.6. The lowest BCUT2D eigenvalue weighted by Gasteiger charge is -2.13. The SMILES string of the molecule is NC1CC(=O)N(Cc2nc3c(s2)CCCC3)C1. The molecule has 0 saturated carbocycles. The molecule has 1 aromatic heterocycles. The highest BCUT2D eigenvalue weighted by Crippen LogP contribution is 2.28. The van der Waals surface area contributed by atoms with Gasteiger partial charge in [0.2, 0.25) is 5.91 Å². The third kappa shape index (κ3) is 2.21. The van der Waals surface area contributed by atoms with E-state index in [1.54, 1.807) is 11.3 Å². The van der Waals surface area contributed by atoms with Crippen molar-refractivity contribution >= 4 is 17.2 Å². The third-order valence-corrected chi connectivity index (χ3v) is 4.60. The van der Waals surface area contributed by atoms with Crippen LogP contribution in [0.15, 0.2) is 0 Å². The average Bonchev–Trinajstić information content (AvgIpc) is 2.82. The molecular weight excluding hydrogens is 234 g/mol. The van der Waals surface area contributed by atoms with Crippen molar-refractivity contribution in [2.75, 3.05) is 6.54 Å². The number of aromatic nitrogens is 1. The minimum absolute atomic E-state index is 0.0112. The molecule has 2 heterocycles. The molecule has 5 heteroatoms. The van der Waals surface area contributed by atoms with Crippen LogP contribution >= 0.6 is 11.3 Å². The van der Waals surface area contributed by atoms with Crippen LogP contribution in [0.4, 0.5) is 0 Å². The van der Waals surface area contributed by atoms with Gasteiger partial charge in [0.25, 0.3) is 0 Å². The van der Waals surface area contributed by atoms with Gasteiger partial charge in [0, 0.05) is 23.9 Å². The lowest BCUT2D eigenvalue weighted by Crippen LogP contribution is -2.27. The van der Waals surface area contributed by atoms with Crippen molar-refractivity contribution in [3.05, 3.63) is 15.6 Å². The third-order valence-electron chi connectivity index (χ3n) is 3.46. The van der Waals surface area contributed by atoms with Gasteiger partial charge in [-0.25, -0.2) is 4.98 Å². The van der Waals surface area contributed by atoms with Gasteiger partial charge < -0.3 is 10.6 Å². The lowest BCUT2D eigenvalue weighted by molar-refractivity contribution is -0.128. The van der Waals surface area contributed by atoms with Gasteiger partial charge in [-0.2, -0.15) is 0 Å². The summed E-state index contributed by atoms with van der Waals surface area (Å²) in [7, 11) is 0. The summed E-state index contributed by atoms with van der Waals surface area (Å²) in [5, 5.41) is 1.08. The molecule has 0 spiro atoms. The van der Waals surface area contributed by atoms with Gasteiger partial charge in [0.15, 0.2) is 0 Å². The zero-order valence-electron chi connectivity index (χ0n) is 9.82. The van der Waals surface area contributed by atoms with E-state index in [-0.39, 0.29) is 11.9 Å². The minimum Gasteiger partial charge on any atom is -0.334 e. The molecule has 0 aromatic carbocycles. The van der Waals surface area contributed by atoms with Crippen LogP contribution in [-0.2, 0) is 24.2 Å². The predicted octanol–water partition coefficient (Wildman–Crippen LogP) is 1.08. The number of nitrogens with two attached hydrogens (primary N) is 1. The van der Waals surface area contributed by atoms with E-state index in [0.29, 0.717) is 19.5 Å². The monoisotopic (exact) mass is 251 g/mol. The number of nitrogens with zero attached hydrogens (tertiary/aromatic N) is 2. The zero-order valence-corrected chi connectivity index (χ0v) is 10.6. The molecule has 0 bridgehead atoms. The van der Waals surface area contributed by atoms with Crippen molar-refractivity contribution in [1.82, 2.24) is 9.88 Å². The van der Waals surface area contributed by atoms with Gasteiger partial charge in [0.05, 0.1) is 12.2 Å². The Morgan fingerprint density at radius 3 is 2.94 bits per heavy atom. The number of carbonyl (C=O) groups is 1. The Morgan fingerprint density at radius 2 is 2.24 bits per heavy atom. The summed E-state index contributed by atoms with van der Waals surface area (Å²) in [6.45, 7) is 1.34. The highest BCUT2D eigenvalue weighted by atomic mass is 32.1. The van der Waals surface area contributed by atoms with Crippen LogP contribution in [0.1, 0.15) is 34.8 Å². The number of hydrogen-bond donors (Lipinski definition) is 1. The molecule has 1 aliphatic heterocycles. The Bertz CT molecular complexity index is 419. The van der Waals surface area contributed by atoms with E-state index in [1.165, 1.54) is 29.8 Å². The molecule has 92 valence electrons. The van der Waals surface area contributed by atoms with Crippen LogP contribution < -0.4 is 5.73 Å². The molecule has 3 rings (SSSR count). The van der Waals surface area contributed by atoms with E-state index in [2.05, 4.69) is 4.98 Å². The lowest BCUT2D eigenvalue weighted by atomic mass is 10.0. The molecule has 1 unspecified atom stereocenters. The van der Waals surface area contributed by atoms with Crippen LogP contribution in [-0.4, -0.2) is 28.4 Å². The summed E-state index contributed by atoms with van der Waals surface area (Å²) in [6, 6.07) is 0.0112. The highest BCUT2D eigenvalue weighted by molar-refractivity contribution is 7.11. The van der Waals surface area contributed by atoms with Crippen LogP contribution in [0.5, 0.6) is 0 Å². The Balaban J connectivity index is 1.73. The quantitative estimate of drug-likeness (QED) is 0.855. The molecule has 4 nitrogen and oxygen atoms in total. The van der Waals surface area contributed by atoms with Crippen molar-refractivity contribution in [2.45, 2.75) is 44.7 Å². The van der Waals surface area contributed by atoms with Crippen LogP contribution in [0.3, 0.4) is 0 Å². The molecule has 2 N–H and O–H groups in total. The number of hydrogen-bond acceptors (Lipinski definition) is 4. The van der Waals surface area contributed by atoms with E-state index in [1.807, 2.05) is 4.90 Å². The molecule has 17 heavy (non-hydrogen) atoms. The summed E-state index contributed by atoms with van der Waals surface area (Å²) in [5.41, 5.74) is 7.06. The average molecular weight is 251 g/mol. The van der Waals surface area contributed by atoms with Gasteiger partial charge in [-0.3, -0.25) is 4.79 Å². The number of carbonyl (C=O) groups excluding carboxylic acids is 1. The molecule has 1 saturated heterocycles. The van der Waals surface area contributed by atoms with Crippen molar-refractivity contribution in [1.29, 1.82) is 0 Å². The molecule has 1 aliphatic carbocycles. The van der Waals surface area contributed by atoms with E-state index < -0.39 is 0 Å². The first kappa shape index (κ1) is 11.2. The maximum atomic E-state index is 11.7. The number of rotatable bonds is 2. The van der Waals surface area contributed by atoms with Crippen LogP contribution in [0.2, 0.25) is 0 Å². The van der Waals surface area contributed by atoms with Crippen LogP contribution in [0.25, 0.3) is 0 Å². The topological polar surface area (TPSA) is 59.2 Å². The molecule has 1 fully saturated rings. The largest absolute Gasteiger partial charge is 0.334 e. The van der Waals surface area contributed by atoms with Crippen LogP contribution in [0, 0.1) is 0 Å². The van der Waals surface area contributed by atoms with E-state index in [0.717, 1.165) is 11.4 Å². The molecule has 0 radical (unpaired) electrons. The van der Waals surface area contributed by atoms with E-state index >= 15 is 0 Å². The van der Waals surface area contributed by atoms with Gasteiger partial charge >= 0.3 is 0 Å². The van der Waals surface area contributed by atoms with Gasteiger partial charge in [-0.15, -0.1) is 11.3 Å². The molecule has 1 atom stereocenters. The van der Waals surface area contributed by atoms with Crippen molar-refractivity contribution in [3.8, 4) is 0 Å². The van der Waals surface area contributed by atoms with Gasteiger partial charge in [-0.1, -0.05) is 0 Å². The molecular formula is C12H17N3OS. The first-order valence-corrected chi connectivity index (χ1v) is 7.05. The molecule has 2 aliphatic rings. The fourth-order valence-electron chi connectivity index (χ4n) is 2.59. The maximum Gasteiger partial charge on any atom is 0.224 e. The Morgan fingerprint density at radius 1 is 1.41 bits per heavy atom. The Hall–Kier alpha value is -0.940. The number of thiazole rings is 1. The second kappa shape index (κ2) is 4.38. The summed E-state index contributed by atoms with van der Waals surface area (Å²) < 4.78 is 0. The maximum absolute atomic E-state index is 11.7. The Kier molecular flexibility index (Phi) is 2.88. The highest BCUT2D eigenvalue weighted by Gasteiger charge is 2.28. The van der Waals surface area contributed by atoms with Crippen molar-refractivity contribution < 1.29 is 4.79 Å². The van der Waals surface area contributed by atoms with Crippen molar-refractivity contribution in [3.63, 3.8) is 0 Å². The number of aryl methyl sites for hydroxylation is 2. The van der Waals surface area contributed by atoms with Gasteiger partial charge in [0.1, 0.15) is 5.01 Å². The normalized spacial score (nSPS) is 24.2. The van der Waals surface area contributed by atoms with Gasteiger partial charge in [-0.05, 0) is 25.7 Å². The summed E-state index contributed by atoms with van der Waals surface area (Å²) in [6.07, 6.45) is 5.30. The second-order valence-electron chi connectivity index (χ2n) is 4.92. The second-order valence-corrected chi connectivity index (χ2v) is 6.09. The first-order valence-electron chi connectivity index (χ1n) is 6.23. The Labute approximate surface area is 105 Å². The van der Waals surface area contributed by atoms with E-state index in [4.69, 9.17) is 5.73 Å². The number of likely N-dealkylation sites (tertiary alicyclic amines) is 1. The first-order chi connectivity index (χ1) is 8.22. The predicted molar refractivity (Wildman–Crippen MR) is 66.8 cm³/mol. The molecule has 1 amide bonds. The minimum atomic E-state index is 0.0112. The zero-order chi connectivity index (χ0) is 11.8. The summed E-state index contributed by atoms with van der Waals surface area (Å²) >= 11 is 1.78. The number of amides is 1. The number of fused-ring (bicyclic) bond motifs is 1. The van der Waals surface area contributed by atoms with E-state index in [9.17, 15) is 4.79 Å². The molecule has 1 aromatic rings. The standard InChI is InChI=1S/C12H17N3OS/c13-8-5-12(16)15(6-8)7-11-14-9-3-1-2-4-10(9)17-11/h8H,1-7,13H2. The fourth-order valence-corrected chi connectivity index (χ4v) is 3.76. The fraction of sp³-hybridized carbons (Fsp3) is 0.667.